The summed E-state index contributed by atoms with van der Waals surface area (Å²) in [6, 6.07) is 20.4. The molecular formula is C25H21N5O4. The number of carbonyl (C=O) groups excluding carboxylic acids is 2. The number of non-ortho nitro benzene ring substituents is 1. The lowest BCUT2D eigenvalue weighted by atomic mass is 10.0. The fraction of sp³-hybridized carbons (Fsp3) is 0.0800. The first-order valence-electron chi connectivity index (χ1n) is 10.5. The van der Waals surface area contributed by atoms with E-state index in [1.807, 2.05) is 42.5 Å². The Balaban J connectivity index is 1.58. The van der Waals surface area contributed by atoms with E-state index in [2.05, 4.69) is 15.8 Å². The molecule has 34 heavy (non-hydrogen) atoms. The van der Waals surface area contributed by atoms with E-state index in [0.717, 1.165) is 5.69 Å². The minimum Gasteiger partial charge on any atom is -0.376 e. The van der Waals surface area contributed by atoms with Crippen molar-refractivity contribution in [3.63, 3.8) is 0 Å². The van der Waals surface area contributed by atoms with Gasteiger partial charge in [0, 0.05) is 35.1 Å². The number of nitrogens with zero attached hydrogens (tertiary/aromatic N) is 3. The second-order valence-electron chi connectivity index (χ2n) is 7.49. The van der Waals surface area contributed by atoms with Crippen molar-refractivity contribution >= 4 is 34.8 Å². The molecule has 0 atom stereocenters. The normalized spacial score (nSPS) is 11.0. The molecule has 9 nitrogen and oxygen atoms in total. The highest BCUT2D eigenvalue weighted by molar-refractivity contribution is 6.12. The number of rotatable bonds is 8. The van der Waals surface area contributed by atoms with Gasteiger partial charge in [-0.3, -0.25) is 19.7 Å². The van der Waals surface area contributed by atoms with Crippen LogP contribution in [0.4, 0.5) is 11.4 Å². The van der Waals surface area contributed by atoms with E-state index < -0.39 is 4.92 Å². The molecule has 0 aliphatic rings. The monoisotopic (exact) mass is 455 g/mol. The molecule has 0 saturated heterocycles. The molecule has 0 saturated carbocycles. The fourth-order valence-corrected chi connectivity index (χ4v) is 3.64. The van der Waals surface area contributed by atoms with E-state index in [1.54, 1.807) is 29.7 Å². The maximum Gasteiger partial charge on any atom is 0.270 e. The molecule has 9 heteroatoms. The van der Waals surface area contributed by atoms with Gasteiger partial charge in [-0.15, -0.1) is 0 Å². The highest BCUT2D eigenvalue weighted by atomic mass is 16.6. The number of hydrogen-bond acceptors (Lipinski definition) is 6. The van der Waals surface area contributed by atoms with Crippen LogP contribution in [0.1, 0.15) is 27.2 Å². The molecular weight excluding hydrogens is 434 g/mol. The minimum atomic E-state index is -0.534. The predicted octanol–water partition coefficient (Wildman–Crippen LogP) is 3.95. The van der Waals surface area contributed by atoms with Crippen LogP contribution in [0.2, 0.25) is 0 Å². The third-order valence-corrected chi connectivity index (χ3v) is 5.28. The quantitative estimate of drug-likeness (QED) is 0.181. The summed E-state index contributed by atoms with van der Waals surface area (Å²) in [6.45, 7) is 1.82. The van der Waals surface area contributed by atoms with Crippen LogP contribution < -0.4 is 10.7 Å². The van der Waals surface area contributed by atoms with Crippen molar-refractivity contribution in [1.29, 1.82) is 0 Å². The number of ketones is 1. The number of carbonyl (C=O) groups is 2. The lowest BCUT2D eigenvalue weighted by Gasteiger charge is -2.04. The molecule has 0 unspecified atom stereocenters. The number of fused-ring (bicyclic) bond motifs is 1. The Hall–Kier alpha value is -4.79. The molecule has 0 bridgehead atoms. The van der Waals surface area contributed by atoms with Gasteiger partial charge in [-0.2, -0.15) is 5.10 Å². The van der Waals surface area contributed by atoms with Crippen LogP contribution in [0, 0.1) is 17.0 Å². The summed E-state index contributed by atoms with van der Waals surface area (Å²) in [5, 5.41) is 18.2. The van der Waals surface area contributed by atoms with Crippen molar-refractivity contribution in [2.75, 3.05) is 11.9 Å². The molecule has 0 aliphatic heterocycles. The van der Waals surface area contributed by atoms with Crippen LogP contribution in [-0.4, -0.2) is 33.8 Å². The molecule has 0 fully saturated rings. The van der Waals surface area contributed by atoms with E-state index in [1.165, 1.54) is 24.4 Å². The zero-order valence-corrected chi connectivity index (χ0v) is 18.3. The van der Waals surface area contributed by atoms with Crippen molar-refractivity contribution in [1.82, 2.24) is 9.83 Å². The van der Waals surface area contributed by atoms with E-state index >= 15 is 0 Å². The molecule has 2 heterocycles. The molecule has 1 amide bonds. The van der Waals surface area contributed by atoms with Gasteiger partial charge >= 0.3 is 0 Å². The number of anilines is 1. The van der Waals surface area contributed by atoms with Crippen molar-refractivity contribution in [3.8, 4) is 0 Å². The third kappa shape index (κ3) is 4.68. The summed E-state index contributed by atoms with van der Waals surface area (Å²) < 4.78 is 1.72. The van der Waals surface area contributed by atoms with Crippen molar-refractivity contribution < 1.29 is 14.5 Å². The van der Waals surface area contributed by atoms with Crippen LogP contribution >= 0.6 is 0 Å². The summed E-state index contributed by atoms with van der Waals surface area (Å²) in [7, 11) is 0. The van der Waals surface area contributed by atoms with E-state index in [9.17, 15) is 19.7 Å². The average Bonchev–Trinajstić information content (AvgIpc) is 3.14. The Morgan fingerprint density at radius 1 is 1.06 bits per heavy atom. The van der Waals surface area contributed by atoms with E-state index in [0.29, 0.717) is 22.3 Å². The number of nitro benzene ring substituents is 1. The first-order chi connectivity index (χ1) is 16.5. The highest BCUT2D eigenvalue weighted by Gasteiger charge is 2.22. The Kier molecular flexibility index (Phi) is 6.45. The number of nitro groups is 1. The fourth-order valence-electron chi connectivity index (χ4n) is 3.64. The maximum absolute atomic E-state index is 13.3. The lowest BCUT2D eigenvalue weighted by molar-refractivity contribution is -0.384. The standard InChI is InChI=1S/C25H21N5O4/c1-17-21(15-27-28-23(31)16-26-19-9-3-2-4-10-19)22-12-5-6-13-29(22)24(17)25(32)18-8-7-11-20(14-18)30(33)34/h2-15,26H,16H2,1H3,(H,28,31)/b27-15-. The van der Waals surface area contributed by atoms with Crippen LogP contribution in [0.25, 0.3) is 5.52 Å². The Morgan fingerprint density at radius 3 is 2.59 bits per heavy atom. The molecule has 0 aliphatic carbocycles. The van der Waals surface area contributed by atoms with Crippen LogP contribution in [0.5, 0.6) is 0 Å². The van der Waals surface area contributed by atoms with Gasteiger partial charge in [-0.25, -0.2) is 5.43 Å². The lowest BCUT2D eigenvalue weighted by Crippen LogP contribution is -2.25. The number of pyridine rings is 1. The van der Waals surface area contributed by atoms with Gasteiger partial charge < -0.3 is 9.72 Å². The van der Waals surface area contributed by atoms with Gasteiger partial charge in [0.05, 0.1) is 28.9 Å². The molecule has 2 N–H and O–H groups in total. The van der Waals surface area contributed by atoms with Gasteiger partial charge in [-0.05, 0) is 36.8 Å². The van der Waals surface area contributed by atoms with Gasteiger partial charge in [0.1, 0.15) is 0 Å². The topological polar surface area (TPSA) is 118 Å². The predicted molar refractivity (Wildman–Crippen MR) is 129 cm³/mol. The van der Waals surface area contributed by atoms with E-state index in [-0.39, 0.29) is 29.5 Å². The van der Waals surface area contributed by atoms with Crippen LogP contribution in [0.3, 0.4) is 0 Å². The average molecular weight is 455 g/mol. The summed E-state index contributed by atoms with van der Waals surface area (Å²) in [6.07, 6.45) is 3.24. The highest BCUT2D eigenvalue weighted by Crippen LogP contribution is 2.25. The first kappa shape index (κ1) is 22.4. The molecule has 170 valence electrons. The van der Waals surface area contributed by atoms with Gasteiger partial charge in [-0.1, -0.05) is 36.4 Å². The molecule has 2 aromatic heterocycles. The van der Waals surface area contributed by atoms with Crippen molar-refractivity contribution in [2.45, 2.75) is 6.92 Å². The summed E-state index contributed by atoms with van der Waals surface area (Å²) in [4.78, 5) is 36.0. The number of nitrogens with one attached hydrogen (secondary N) is 2. The molecule has 0 spiro atoms. The minimum absolute atomic E-state index is 0.0490. The molecule has 4 rings (SSSR count). The Labute approximate surface area is 194 Å². The second kappa shape index (κ2) is 9.78. The Bertz CT molecular complexity index is 1410. The van der Waals surface area contributed by atoms with Crippen molar-refractivity contribution in [3.05, 3.63) is 111 Å². The summed E-state index contributed by atoms with van der Waals surface area (Å²) in [5.74, 6) is -0.674. The van der Waals surface area contributed by atoms with Gasteiger partial charge in [0.15, 0.2) is 0 Å². The summed E-state index contributed by atoms with van der Waals surface area (Å²) >= 11 is 0. The number of hydrogen-bond donors (Lipinski definition) is 2. The number of hydrazone groups is 1. The van der Waals surface area contributed by atoms with Crippen LogP contribution in [-0.2, 0) is 4.79 Å². The molecule has 2 aromatic carbocycles. The number of para-hydroxylation sites is 1. The van der Waals surface area contributed by atoms with E-state index in [4.69, 9.17) is 0 Å². The largest absolute Gasteiger partial charge is 0.376 e. The SMILES string of the molecule is Cc1c(/C=N\NC(=O)CNc2ccccc2)c2ccccn2c1C(=O)c1cccc([N+](=O)[O-])c1. The molecule has 4 aromatic rings. The van der Waals surface area contributed by atoms with Crippen molar-refractivity contribution in [2.24, 2.45) is 5.10 Å². The maximum atomic E-state index is 13.3. The Morgan fingerprint density at radius 2 is 1.82 bits per heavy atom. The number of benzene rings is 2. The van der Waals surface area contributed by atoms with Crippen LogP contribution in [0.15, 0.2) is 84.1 Å². The first-order valence-corrected chi connectivity index (χ1v) is 10.5. The molecule has 0 radical (unpaired) electrons. The second-order valence-corrected chi connectivity index (χ2v) is 7.49. The zero-order chi connectivity index (χ0) is 24.1. The van der Waals surface area contributed by atoms with Gasteiger partial charge in [0.25, 0.3) is 11.6 Å². The van der Waals surface area contributed by atoms with Gasteiger partial charge in [0.2, 0.25) is 5.78 Å². The summed E-state index contributed by atoms with van der Waals surface area (Å²) in [5.41, 5.74) is 5.75. The number of amides is 1. The zero-order valence-electron chi connectivity index (χ0n) is 18.3. The third-order valence-electron chi connectivity index (χ3n) is 5.28. The number of aromatic nitrogens is 1. The smallest absolute Gasteiger partial charge is 0.270 e.